The van der Waals surface area contributed by atoms with Gasteiger partial charge in [0.05, 0.1) is 48.1 Å². The van der Waals surface area contributed by atoms with E-state index in [9.17, 15) is 9.59 Å². The van der Waals surface area contributed by atoms with E-state index in [0.717, 1.165) is 56.0 Å². The maximum atomic E-state index is 13.1. The lowest BCUT2D eigenvalue weighted by Gasteiger charge is -2.14. The number of esters is 2. The molecule has 0 aliphatic heterocycles. The van der Waals surface area contributed by atoms with Crippen LogP contribution in [0.3, 0.4) is 0 Å². The third-order valence-electron chi connectivity index (χ3n) is 8.39. The monoisotopic (exact) mass is 588 g/mol. The van der Waals surface area contributed by atoms with Crippen molar-refractivity contribution in [2.24, 2.45) is 0 Å². The second kappa shape index (κ2) is 13.9. The minimum atomic E-state index is -0.425. The first-order valence-corrected chi connectivity index (χ1v) is 14.5. The van der Waals surface area contributed by atoms with Crippen LogP contribution in [0.25, 0.3) is 33.7 Å². The van der Waals surface area contributed by atoms with Crippen LogP contribution in [0.2, 0.25) is 0 Å². The fourth-order valence-electron chi connectivity index (χ4n) is 5.28. The minimum Gasteiger partial charge on any atom is -0.465 e. The van der Waals surface area contributed by atoms with Crippen LogP contribution in [-0.4, -0.2) is 36.1 Å². The van der Waals surface area contributed by atoms with Gasteiger partial charge in [-0.2, -0.15) is 0 Å². The third-order valence-corrected chi connectivity index (χ3v) is 8.39. The Labute approximate surface area is 259 Å². The van der Waals surface area contributed by atoms with Gasteiger partial charge in [0.25, 0.3) is 0 Å². The number of benzene rings is 2. The number of ether oxygens (including phenoxy) is 2. The van der Waals surface area contributed by atoms with E-state index in [2.05, 4.69) is 48.1 Å². The predicted molar refractivity (Wildman–Crippen MR) is 179 cm³/mol. The molecule has 4 aromatic rings. The van der Waals surface area contributed by atoms with Crippen molar-refractivity contribution in [3.63, 3.8) is 0 Å². The van der Waals surface area contributed by atoms with Crippen LogP contribution in [0, 0.1) is 0 Å². The summed E-state index contributed by atoms with van der Waals surface area (Å²) in [6.07, 6.45) is 0. The van der Waals surface area contributed by atoms with Gasteiger partial charge in [-0.25, -0.2) is 9.59 Å². The quantitative estimate of drug-likeness (QED) is 0.116. The fourth-order valence-corrected chi connectivity index (χ4v) is 5.28. The van der Waals surface area contributed by atoms with Gasteiger partial charge in [0.2, 0.25) is 0 Å². The summed E-state index contributed by atoms with van der Waals surface area (Å²) < 4.78 is 10.4. The Morgan fingerprint density at radius 2 is 0.818 bits per heavy atom. The number of carbonyl (C=O) groups excluding carboxylic acids is 2. The van der Waals surface area contributed by atoms with E-state index in [4.69, 9.17) is 9.47 Å². The van der Waals surface area contributed by atoms with Crippen molar-refractivity contribution < 1.29 is 19.1 Å². The molecule has 226 valence electrons. The molecular formula is C38H40N2O4. The summed E-state index contributed by atoms with van der Waals surface area (Å²) in [5.41, 5.74) is 11.7. The molecule has 6 heteroatoms. The molecule has 0 amide bonds. The molecule has 0 bridgehead atoms. The van der Waals surface area contributed by atoms with Crippen molar-refractivity contribution in [3.05, 3.63) is 130 Å². The molecule has 0 unspecified atom stereocenters. The van der Waals surface area contributed by atoms with E-state index in [1.165, 1.54) is 14.2 Å². The highest BCUT2D eigenvalue weighted by atomic mass is 16.5. The molecule has 2 aromatic carbocycles. The maximum absolute atomic E-state index is 13.1. The van der Waals surface area contributed by atoms with Crippen LogP contribution >= 0.6 is 0 Å². The molecule has 0 aliphatic carbocycles. The van der Waals surface area contributed by atoms with E-state index >= 15 is 0 Å². The normalized spacial score (nSPS) is 13.7. The molecular weight excluding hydrogens is 548 g/mol. The predicted octanol–water partition coefficient (Wildman–Crippen LogP) is 8.89. The van der Waals surface area contributed by atoms with E-state index in [0.29, 0.717) is 22.5 Å². The number of H-pyrrole nitrogens is 2. The Bertz CT molecular complexity index is 1660. The van der Waals surface area contributed by atoms with Crippen LogP contribution in [0.1, 0.15) is 64.1 Å². The number of aromatic nitrogens is 2. The number of rotatable bonds is 9. The van der Waals surface area contributed by atoms with Crippen molar-refractivity contribution in [2.75, 3.05) is 14.2 Å². The third kappa shape index (κ3) is 6.60. The topological polar surface area (TPSA) is 84.2 Å². The number of hydrogen-bond acceptors (Lipinski definition) is 4. The maximum Gasteiger partial charge on any atom is 0.340 e. The molecule has 0 saturated heterocycles. The summed E-state index contributed by atoms with van der Waals surface area (Å²) in [6.45, 7) is 12.0. The zero-order valence-electron chi connectivity index (χ0n) is 26.7. The van der Waals surface area contributed by atoms with Gasteiger partial charge in [-0.3, -0.25) is 0 Å². The van der Waals surface area contributed by atoms with Crippen LogP contribution < -0.4 is 0 Å². The molecule has 2 aromatic heterocycles. The van der Waals surface area contributed by atoms with Gasteiger partial charge < -0.3 is 19.4 Å². The zero-order chi connectivity index (χ0) is 32.0. The molecule has 4 rings (SSSR count). The molecule has 44 heavy (non-hydrogen) atoms. The molecule has 0 aliphatic rings. The van der Waals surface area contributed by atoms with Gasteiger partial charge in [0.1, 0.15) is 0 Å². The number of nitrogens with one attached hydrogen (secondary N) is 2. The Kier molecular flexibility index (Phi) is 10.1. The highest BCUT2D eigenvalue weighted by Crippen LogP contribution is 2.33. The lowest BCUT2D eigenvalue weighted by molar-refractivity contribution is -0.134. The van der Waals surface area contributed by atoms with Gasteiger partial charge in [-0.1, -0.05) is 60.7 Å². The summed E-state index contributed by atoms with van der Waals surface area (Å²) >= 11 is 0. The van der Waals surface area contributed by atoms with Gasteiger partial charge in [-0.15, -0.1) is 0 Å². The smallest absolute Gasteiger partial charge is 0.340 e. The van der Waals surface area contributed by atoms with Crippen molar-refractivity contribution in [2.45, 2.75) is 41.5 Å². The van der Waals surface area contributed by atoms with Crippen LogP contribution in [0.5, 0.6) is 0 Å². The molecule has 2 heterocycles. The summed E-state index contributed by atoms with van der Waals surface area (Å²) in [6, 6.07) is 27.7. The number of aromatic amines is 2. The summed E-state index contributed by atoms with van der Waals surface area (Å²) in [5.74, 6) is -0.850. The van der Waals surface area contributed by atoms with Crippen molar-refractivity contribution in [1.82, 2.24) is 9.97 Å². The zero-order valence-corrected chi connectivity index (χ0v) is 26.7. The lowest BCUT2D eigenvalue weighted by atomic mass is 9.93. The largest absolute Gasteiger partial charge is 0.465 e. The number of carbonyl (C=O) groups is 2. The highest BCUT2D eigenvalue weighted by molar-refractivity contribution is 6.19. The van der Waals surface area contributed by atoms with Gasteiger partial charge in [0.15, 0.2) is 0 Å². The van der Waals surface area contributed by atoms with E-state index in [-0.39, 0.29) is 0 Å². The number of hydrogen-bond donors (Lipinski definition) is 2. The molecule has 6 nitrogen and oxygen atoms in total. The SMILES string of the molecule is COC(=O)/C(=C(/C)C(C)=C(C)c1ccccc1)c1ccc(-c2ccc(/C(C(=O)OC)=C(\C)C(C)=C(C)c3ccccc3)[nH]2)[nH]1. The van der Waals surface area contributed by atoms with Crippen molar-refractivity contribution in [1.29, 1.82) is 0 Å². The molecule has 2 N–H and O–H groups in total. The second-order valence-corrected chi connectivity index (χ2v) is 10.8. The van der Waals surface area contributed by atoms with Gasteiger partial charge >= 0.3 is 11.9 Å². The minimum absolute atomic E-state index is 0.425. The Hall–Kier alpha value is -5.10. The first kappa shape index (κ1) is 31.8. The second-order valence-electron chi connectivity index (χ2n) is 10.8. The highest BCUT2D eigenvalue weighted by Gasteiger charge is 2.22. The van der Waals surface area contributed by atoms with E-state index in [1.807, 2.05) is 88.4 Å². The van der Waals surface area contributed by atoms with Gasteiger partial charge in [-0.05, 0) is 110 Å². The molecule has 0 saturated carbocycles. The molecule has 0 radical (unpaired) electrons. The van der Waals surface area contributed by atoms with Crippen LogP contribution in [0.15, 0.2) is 107 Å². The summed E-state index contributed by atoms with van der Waals surface area (Å²) in [4.78, 5) is 32.9. The number of allylic oxidation sites excluding steroid dienone is 6. The van der Waals surface area contributed by atoms with Crippen molar-refractivity contribution in [3.8, 4) is 11.4 Å². The average molecular weight is 589 g/mol. The fraction of sp³-hybridized carbons (Fsp3) is 0.211. The van der Waals surface area contributed by atoms with Crippen molar-refractivity contribution >= 4 is 34.2 Å². The van der Waals surface area contributed by atoms with Crippen LogP contribution in [0.4, 0.5) is 0 Å². The van der Waals surface area contributed by atoms with E-state index < -0.39 is 11.9 Å². The standard InChI is InChI=1S/C38H40N2O4/c1-23(25(3)29-15-11-9-12-16-29)27(5)35(37(41)43-7)33-21-19-31(39-33)32-20-22-34(40-32)36(38(42)44-8)28(6)24(2)26(4)30-17-13-10-14-18-30/h9-22,39-40H,1-8H3/b25-23?,26-24?,35-27-,36-28-. The Morgan fingerprint density at radius 3 is 1.14 bits per heavy atom. The van der Waals surface area contributed by atoms with Gasteiger partial charge in [0, 0.05) is 0 Å². The summed E-state index contributed by atoms with van der Waals surface area (Å²) in [7, 11) is 2.78. The molecule has 0 spiro atoms. The summed E-state index contributed by atoms with van der Waals surface area (Å²) in [5, 5.41) is 0. The lowest BCUT2D eigenvalue weighted by Crippen LogP contribution is -2.08. The number of methoxy groups -OCH3 is 2. The molecule has 0 atom stereocenters. The Morgan fingerprint density at radius 1 is 0.477 bits per heavy atom. The van der Waals surface area contributed by atoms with Crippen LogP contribution in [-0.2, 0) is 19.1 Å². The Balaban J connectivity index is 1.76. The first-order chi connectivity index (χ1) is 21.1. The average Bonchev–Trinajstić information content (AvgIpc) is 3.74. The van der Waals surface area contributed by atoms with E-state index in [1.54, 1.807) is 0 Å². The molecule has 0 fully saturated rings. The first-order valence-electron chi connectivity index (χ1n) is 14.5.